The first-order chi connectivity index (χ1) is 9.19. The molecule has 2 aliphatic rings. The Morgan fingerprint density at radius 1 is 1.21 bits per heavy atom. The molecule has 2 heteroatoms. The Kier molecular flexibility index (Phi) is 3.86. The second kappa shape index (κ2) is 5.46. The Hall–Kier alpha value is -0.530. The second-order valence-corrected chi connectivity index (χ2v) is 6.51. The van der Waals surface area contributed by atoms with Gasteiger partial charge >= 0.3 is 0 Å². The van der Waals surface area contributed by atoms with Gasteiger partial charge in [0.15, 0.2) is 0 Å². The standard InChI is InChI=1S/C17H23ClO/c1-3-16-17(19-16)8-11(2)14-9-12-6-4-5-7-13(12)10-15(14)18/h9-11,16-17H,3-8H2,1-2H3. The summed E-state index contributed by atoms with van der Waals surface area (Å²) in [5.41, 5.74) is 4.33. The zero-order valence-electron chi connectivity index (χ0n) is 11.9. The van der Waals surface area contributed by atoms with Crippen LogP contribution in [0.4, 0.5) is 0 Å². The number of rotatable bonds is 4. The van der Waals surface area contributed by atoms with Crippen LogP contribution in [0.15, 0.2) is 12.1 Å². The van der Waals surface area contributed by atoms with E-state index in [9.17, 15) is 0 Å². The molecule has 104 valence electrons. The zero-order valence-corrected chi connectivity index (χ0v) is 12.7. The van der Waals surface area contributed by atoms with Gasteiger partial charge in [0.1, 0.15) is 0 Å². The van der Waals surface area contributed by atoms with E-state index in [-0.39, 0.29) is 0 Å². The van der Waals surface area contributed by atoms with Crippen LogP contribution in [0.5, 0.6) is 0 Å². The topological polar surface area (TPSA) is 12.5 Å². The lowest BCUT2D eigenvalue weighted by molar-refractivity contribution is 0.353. The largest absolute Gasteiger partial charge is 0.370 e. The second-order valence-electron chi connectivity index (χ2n) is 6.11. The molecule has 0 spiro atoms. The number of halogens is 1. The van der Waals surface area contributed by atoms with Crippen molar-refractivity contribution < 1.29 is 4.74 Å². The Morgan fingerprint density at radius 3 is 2.53 bits per heavy atom. The molecule has 3 atom stereocenters. The molecule has 3 rings (SSSR count). The number of benzene rings is 1. The van der Waals surface area contributed by atoms with E-state index in [1.807, 2.05) is 0 Å². The van der Waals surface area contributed by atoms with E-state index in [4.69, 9.17) is 16.3 Å². The predicted molar refractivity (Wildman–Crippen MR) is 80.1 cm³/mol. The maximum atomic E-state index is 6.49. The van der Waals surface area contributed by atoms with Crippen LogP contribution in [0.1, 0.15) is 62.1 Å². The molecule has 0 amide bonds. The molecule has 1 saturated heterocycles. The average molecular weight is 279 g/mol. The Morgan fingerprint density at radius 2 is 1.89 bits per heavy atom. The van der Waals surface area contributed by atoms with E-state index in [2.05, 4.69) is 26.0 Å². The molecule has 0 bridgehead atoms. The van der Waals surface area contributed by atoms with Crippen LogP contribution in [0.3, 0.4) is 0 Å². The molecule has 1 nitrogen and oxygen atoms in total. The zero-order chi connectivity index (χ0) is 13.4. The monoisotopic (exact) mass is 278 g/mol. The molecule has 1 aromatic rings. The van der Waals surface area contributed by atoms with Gasteiger partial charge < -0.3 is 4.74 Å². The van der Waals surface area contributed by atoms with Gasteiger partial charge in [-0.05, 0) is 67.2 Å². The van der Waals surface area contributed by atoms with Gasteiger partial charge in [0.25, 0.3) is 0 Å². The van der Waals surface area contributed by atoms with Gasteiger partial charge in [0, 0.05) is 5.02 Å². The molecule has 1 fully saturated rings. The van der Waals surface area contributed by atoms with E-state index in [1.165, 1.54) is 42.4 Å². The molecule has 19 heavy (non-hydrogen) atoms. The minimum absolute atomic E-state index is 0.465. The maximum Gasteiger partial charge on any atom is 0.0847 e. The van der Waals surface area contributed by atoms with Crippen molar-refractivity contribution in [2.75, 3.05) is 0 Å². The molecule has 1 aliphatic carbocycles. The molecular formula is C17H23ClO. The molecule has 1 aromatic carbocycles. The highest BCUT2D eigenvalue weighted by Crippen LogP contribution is 2.38. The third kappa shape index (κ3) is 2.83. The minimum Gasteiger partial charge on any atom is -0.370 e. The normalized spacial score (nSPS) is 26.9. The number of fused-ring (bicyclic) bond motifs is 1. The lowest BCUT2D eigenvalue weighted by atomic mass is 9.86. The van der Waals surface area contributed by atoms with Crippen molar-refractivity contribution in [3.8, 4) is 0 Å². The van der Waals surface area contributed by atoms with Crippen molar-refractivity contribution in [3.05, 3.63) is 33.8 Å². The molecule has 1 aliphatic heterocycles. The molecule has 0 saturated carbocycles. The number of epoxide rings is 1. The van der Waals surface area contributed by atoms with Gasteiger partial charge in [-0.15, -0.1) is 0 Å². The first-order valence-electron chi connectivity index (χ1n) is 7.65. The van der Waals surface area contributed by atoms with Crippen molar-refractivity contribution in [1.29, 1.82) is 0 Å². The Labute approximate surface area is 121 Å². The van der Waals surface area contributed by atoms with Crippen LogP contribution in [0, 0.1) is 0 Å². The smallest absolute Gasteiger partial charge is 0.0847 e. The predicted octanol–water partition coefficient (Wildman–Crippen LogP) is 4.89. The van der Waals surface area contributed by atoms with Crippen molar-refractivity contribution in [2.24, 2.45) is 0 Å². The van der Waals surface area contributed by atoms with Gasteiger partial charge in [-0.25, -0.2) is 0 Å². The first-order valence-corrected chi connectivity index (χ1v) is 8.03. The number of aryl methyl sites for hydroxylation is 2. The summed E-state index contributed by atoms with van der Waals surface area (Å²) in [5.74, 6) is 0.501. The third-order valence-corrected chi connectivity index (χ3v) is 5.00. The van der Waals surface area contributed by atoms with Crippen LogP contribution in [0.2, 0.25) is 5.02 Å². The summed E-state index contributed by atoms with van der Waals surface area (Å²) in [6, 6.07) is 4.58. The SMILES string of the molecule is CCC1OC1CC(C)c1cc2c(cc1Cl)CCCC2. The summed E-state index contributed by atoms with van der Waals surface area (Å²) in [6.45, 7) is 4.48. The fraction of sp³-hybridized carbons (Fsp3) is 0.647. The van der Waals surface area contributed by atoms with Crippen LogP contribution in [-0.2, 0) is 17.6 Å². The van der Waals surface area contributed by atoms with E-state index < -0.39 is 0 Å². The third-order valence-electron chi connectivity index (χ3n) is 4.67. The molecule has 3 unspecified atom stereocenters. The van der Waals surface area contributed by atoms with Gasteiger partial charge in [-0.2, -0.15) is 0 Å². The minimum atomic E-state index is 0.465. The van der Waals surface area contributed by atoms with Crippen LogP contribution < -0.4 is 0 Å². The van der Waals surface area contributed by atoms with E-state index in [0.717, 1.165) is 17.9 Å². The fourth-order valence-electron chi connectivity index (χ4n) is 3.37. The lowest BCUT2D eigenvalue weighted by Crippen LogP contribution is -2.07. The average Bonchev–Trinajstić information content (AvgIpc) is 3.16. The molecule has 0 radical (unpaired) electrons. The van der Waals surface area contributed by atoms with Gasteiger partial charge in [-0.1, -0.05) is 31.5 Å². The van der Waals surface area contributed by atoms with E-state index in [0.29, 0.717) is 18.1 Å². The number of ether oxygens (including phenoxy) is 1. The highest BCUT2D eigenvalue weighted by molar-refractivity contribution is 6.31. The highest BCUT2D eigenvalue weighted by atomic mass is 35.5. The van der Waals surface area contributed by atoms with Gasteiger partial charge in [0.2, 0.25) is 0 Å². The first kappa shape index (κ1) is 13.5. The lowest BCUT2D eigenvalue weighted by Gasteiger charge is -2.20. The summed E-state index contributed by atoms with van der Waals surface area (Å²) in [7, 11) is 0. The van der Waals surface area contributed by atoms with Crippen molar-refractivity contribution >= 4 is 11.6 Å². The van der Waals surface area contributed by atoms with Crippen LogP contribution in [-0.4, -0.2) is 12.2 Å². The van der Waals surface area contributed by atoms with E-state index in [1.54, 1.807) is 0 Å². The Balaban J connectivity index is 1.76. The maximum absolute atomic E-state index is 6.49. The fourth-order valence-corrected chi connectivity index (χ4v) is 3.75. The quantitative estimate of drug-likeness (QED) is 0.715. The number of hydrogen-bond acceptors (Lipinski definition) is 1. The van der Waals surface area contributed by atoms with Crippen LogP contribution in [0.25, 0.3) is 0 Å². The summed E-state index contributed by atoms with van der Waals surface area (Å²) in [5, 5.41) is 0.960. The highest BCUT2D eigenvalue weighted by Gasteiger charge is 2.38. The molecule has 0 N–H and O–H groups in total. The summed E-state index contributed by atoms with van der Waals surface area (Å²) >= 11 is 6.49. The summed E-state index contributed by atoms with van der Waals surface area (Å²) < 4.78 is 5.67. The molecule has 1 heterocycles. The van der Waals surface area contributed by atoms with Gasteiger partial charge in [-0.3, -0.25) is 0 Å². The van der Waals surface area contributed by atoms with Crippen molar-refractivity contribution in [3.63, 3.8) is 0 Å². The van der Waals surface area contributed by atoms with Crippen molar-refractivity contribution in [1.82, 2.24) is 0 Å². The van der Waals surface area contributed by atoms with E-state index >= 15 is 0 Å². The summed E-state index contributed by atoms with van der Waals surface area (Å²) in [6.07, 6.45) is 8.27. The number of hydrogen-bond donors (Lipinski definition) is 0. The van der Waals surface area contributed by atoms with Crippen LogP contribution >= 0.6 is 11.6 Å². The van der Waals surface area contributed by atoms with Gasteiger partial charge in [0.05, 0.1) is 12.2 Å². The summed E-state index contributed by atoms with van der Waals surface area (Å²) in [4.78, 5) is 0. The Bertz CT molecular complexity index is 469. The van der Waals surface area contributed by atoms with Crippen molar-refractivity contribution in [2.45, 2.75) is 70.5 Å². The molecule has 0 aromatic heterocycles. The molecular weight excluding hydrogens is 256 g/mol.